The first-order valence-corrected chi connectivity index (χ1v) is 8.19. The predicted octanol–water partition coefficient (Wildman–Crippen LogP) is 3.03. The second kappa shape index (κ2) is 6.35. The van der Waals surface area contributed by atoms with Crippen molar-refractivity contribution in [2.24, 2.45) is 0 Å². The van der Waals surface area contributed by atoms with Gasteiger partial charge in [-0.05, 0) is 31.9 Å². The lowest BCUT2D eigenvalue weighted by Crippen LogP contribution is -2.29. The highest BCUT2D eigenvalue weighted by Crippen LogP contribution is 2.31. The van der Waals surface area contributed by atoms with Gasteiger partial charge in [-0.3, -0.25) is 0 Å². The van der Waals surface area contributed by atoms with Crippen molar-refractivity contribution < 1.29 is 4.74 Å². The zero-order valence-electron chi connectivity index (χ0n) is 12.4. The summed E-state index contributed by atoms with van der Waals surface area (Å²) in [5.74, 6) is 1.66. The van der Waals surface area contributed by atoms with Gasteiger partial charge in [-0.2, -0.15) is 26.7 Å². The van der Waals surface area contributed by atoms with E-state index in [4.69, 9.17) is 16.3 Å². The molecule has 0 aliphatic carbocycles. The van der Waals surface area contributed by atoms with Crippen LogP contribution >= 0.6 is 23.4 Å². The van der Waals surface area contributed by atoms with E-state index in [2.05, 4.69) is 33.7 Å². The van der Waals surface area contributed by atoms with Crippen LogP contribution in [0.4, 0.5) is 5.95 Å². The third-order valence-electron chi connectivity index (χ3n) is 3.04. The minimum atomic E-state index is 0.0138. The van der Waals surface area contributed by atoms with Crippen molar-refractivity contribution in [1.29, 1.82) is 0 Å². The van der Waals surface area contributed by atoms with E-state index in [1.165, 1.54) is 0 Å². The first-order valence-electron chi connectivity index (χ1n) is 6.83. The van der Waals surface area contributed by atoms with Crippen LogP contribution in [-0.4, -0.2) is 44.6 Å². The van der Waals surface area contributed by atoms with E-state index in [1.807, 2.05) is 25.6 Å². The van der Waals surface area contributed by atoms with Crippen LogP contribution in [0.1, 0.15) is 34.1 Å². The fraction of sp³-hybridized carbons (Fsp3) is 0.769. The van der Waals surface area contributed by atoms with E-state index >= 15 is 0 Å². The summed E-state index contributed by atoms with van der Waals surface area (Å²) in [4.78, 5) is 14.8. The van der Waals surface area contributed by atoms with Crippen molar-refractivity contribution in [3.8, 4) is 6.01 Å². The maximum Gasteiger partial charge on any atom is 0.322 e. The Balaban J connectivity index is 2.17. The lowest BCUT2D eigenvalue weighted by molar-refractivity contribution is 0.221. The second-order valence-electron chi connectivity index (χ2n) is 5.70. The van der Waals surface area contributed by atoms with E-state index in [-0.39, 0.29) is 11.4 Å². The SMILES string of the molecule is CC(C)Oc1nc(Cl)nc(N2CCSC(C)(C)CC2)n1. The van der Waals surface area contributed by atoms with Crippen LogP contribution < -0.4 is 9.64 Å². The van der Waals surface area contributed by atoms with Crippen molar-refractivity contribution in [3.05, 3.63) is 5.28 Å². The van der Waals surface area contributed by atoms with Gasteiger partial charge < -0.3 is 9.64 Å². The van der Waals surface area contributed by atoms with Crippen molar-refractivity contribution in [3.63, 3.8) is 0 Å². The molecule has 0 aromatic carbocycles. The normalized spacial score (nSPS) is 19.0. The second-order valence-corrected chi connectivity index (χ2v) is 7.84. The summed E-state index contributed by atoms with van der Waals surface area (Å²) in [5.41, 5.74) is 0. The number of thioether (sulfide) groups is 1. The molecule has 0 radical (unpaired) electrons. The molecule has 1 aromatic heterocycles. The van der Waals surface area contributed by atoms with Crippen LogP contribution in [0.15, 0.2) is 0 Å². The molecule has 1 aromatic rings. The molecule has 5 nitrogen and oxygen atoms in total. The number of rotatable bonds is 3. The highest BCUT2D eigenvalue weighted by Gasteiger charge is 2.25. The van der Waals surface area contributed by atoms with E-state index in [9.17, 15) is 0 Å². The summed E-state index contributed by atoms with van der Waals surface area (Å²) >= 11 is 7.96. The molecular formula is C13H21ClN4OS. The van der Waals surface area contributed by atoms with Crippen LogP contribution in [0.2, 0.25) is 5.28 Å². The first-order chi connectivity index (χ1) is 9.35. The van der Waals surface area contributed by atoms with Gasteiger partial charge in [0.2, 0.25) is 11.2 Å². The van der Waals surface area contributed by atoms with Crippen molar-refractivity contribution >= 4 is 29.3 Å². The van der Waals surface area contributed by atoms with Crippen LogP contribution in [0.25, 0.3) is 0 Å². The smallest absolute Gasteiger partial charge is 0.322 e. The molecule has 0 bridgehead atoms. The van der Waals surface area contributed by atoms with Gasteiger partial charge in [0, 0.05) is 23.6 Å². The minimum absolute atomic E-state index is 0.0138. The maximum atomic E-state index is 5.98. The lowest BCUT2D eigenvalue weighted by atomic mass is 10.1. The van der Waals surface area contributed by atoms with Crippen LogP contribution in [0, 0.1) is 0 Å². The fourth-order valence-corrected chi connectivity index (χ4v) is 3.20. The molecule has 0 saturated carbocycles. The number of halogens is 1. The van der Waals surface area contributed by atoms with E-state index in [1.54, 1.807) is 0 Å². The average molecular weight is 317 g/mol. The highest BCUT2D eigenvalue weighted by atomic mass is 35.5. The van der Waals surface area contributed by atoms with Gasteiger partial charge in [-0.1, -0.05) is 13.8 Å². The summed E-state index contributed by atoms with van der Waals surface area (Å²) in [6.07, 6.45) is 1.10. The average Bonchev–Trinajstić information content (AvgIpc) is 2.48. The van der Waals surface area contributed by atoms with Gasteiger partial charge in [-0.25, -0.2) is 0 Å². The molecule has 0 spiro atoms. The van der Waals surface area contributed by atoms with Gasteiger partial charge in [0.05, 0.1) is 6.10 Å². The Morgan fingerprint density at radius 3 is 2.70 bits per heavy atom. The Morgan fingerprint density at radius 1 is 1.25 bits per heavy atom. The largest absolute Gasteiger partial charge is 0.461 e. The van der Waals surface area contributed by atoms with Gasteiger partial charge in [0.15, 0.2) is 0 Å². The first kappa shape index (κ1) is 15.6. The molecule has 0 amide bonds. The Labute approximate surface area is 129 Å². The highest BCUT2D eigenvalue weighted by molar-refractivity contribution is 8.00. The lowest BCUT2D eigenvalue weighted by Gasteiger charge is -2.22. The number of ether oxygens (including phenoxy) is 1. The quantitative estimate of drug-likeness (QED) is 0.854. The van der Waals surface area contributed by atoms with Crippen molar-refractivity contribution in [1.82, 2.24) is 15.0 Å². The molecule has 112 valence electrons. The van der Waals surface area contributed by atoms with Gasteiger partial charge in [-0.15, -0.1) is 0 Å². The summed E-state index contributed by atoms with van der Waals surface area (Å²) < 4.78 is 5.81. The Morgan fingerprint density at radius 2 is 2.00 bits per heavy atom. The molecule has 0 N–H and O–H groups in total. The number of hydrogen-bond donors (Lipinski definition) is 0. The molecule has 1 aliphatic heterocycles. The summed E-state index contributed by atoms with van der Waals surface area (Å²) in [6.45, 7) is 10.2. The van der Waals surface area contributed by atoms with Gasteiger partial charge in [0.25, 0.3) is 0 Å². The standard InChI is InChI=1S/C13H21ClN4OS/c1-9(2)19-12-16-10(14)15-11(17-12)18-6-5-13(3,4)20-8-7-18/h9H,5-8H2,1-4H3. The predicted molar refractivity (Wildman–Crippen MR) is 84.0 cm³/mol. The third kappa shape index (κ3) is 4.38. The van der Waals surface area contributed by atoms with Crippen molar-refractivity contribution in [2.75, 3.05) is 23.7 Å². The molecule has 0 unspecified atom stereocenters. The minimum Gasteiger partial charge on any atom is -0.461 e. The Kier molecular flexibility index (Phi) is 4.96. The van der Waals surface area contributed by atoms with Crippen LogP contribution in [-0.2, 0) is 0 Å². The Hall–Kier alpha value is -0.750. The molecule has 1 aliphatic rings. The molecular weight excluding hydrogens is 296 g/mol. The van der Waals surface area contributed by atoms with Gasteiger partial charge >= 0.3 is 6.01 Å². The third-order valence-corrected chi connectivity index (χ3v) is 4.58. The summed E-state index contributed by atoms with van der Waals surface area (Å²) in [6, 6.07) is 0.297. The monoisotopic (exact) mass is 316 g/mol. The number of nitrogens with zero attached hydrogens (tertiary/aromatic N) is 4. The molecule has 1 fully saturated rings. The molecule has 0 atom stereocenters. The van der Waals surface area contributed by atoms with E-state index < -0.39 is 0 Å². The van der Waals surface area contributed by atoms with E-state index in [0.29, 0.717) is 16.7 Å². The fourth-order valence-electron chi connectivity index (χ4n) is 1.95. The molecule has 2 rings (SSSR count). The number of anilines is 1. The van der Waals surface area contributed by atoms with Crippen LogP contribution in [0.3, 0.4) is 0 Å². The Bertz CT molecular complexity index is 470. The summed E-state index contributed by atoms with van der Waals surface area (Å²) in [5, 5.41) is 0.182. The zero-order valence-corrected chi connectivity index (χ0v) is 14.0. The van der Waals surface area contributed by atoms with Gasteiger partial charge in [0.1, 0.15) is 0 Å². The zero-order chi connectivity index (χ0) is 14.8. The molecule has 1 saturated heterocycles. The summed E-state index contributed by atoms with van der Waals surface area (Å²) in [7, 11) is 0. The maximum absolute atomic E-state index is 5.98. The molecule has 7 heteroatoms. The number of aromatic nitrogens is 3. The molecule has 2 heterocycles. The topological polar surface area (TPSA) is 51.1 Å². The molecule has 20 heavy (non-hydrogen) atoms. The van der Waals surface area contributed by atoms with Crippen LogP contribution in [0.5, 0.6) is 6.01 Å². The van der Waals surface area contributed by atoms with Crippen molar-refractivity contribution in [2.45, 2.75) is 45.0 Å². The van der Waals surface area contributed by atoms with E-state index in [0.717, 1.165) is 25.3 Å². The number of hydrogen-bond acceptors (Lipinski definition) is 6.